The Labute approximate surface area is 82.2 Å². The molecule has 0 saturated heterocycles. The van der Waals surface area contributed by atoms with Crippen molar-refractivity contribution in [1.82, 2.24) is 0 Å². The second kappa shape index (κ2) is 3.80. The van der Waals surface area contributed by atoms with Crippen LogP contribution in [0.3, 0.4) is 0 Å². The fraction of sp³-hybridized carbons (Fsp3) is 0.636. The molecule has 1 aliphatic carbocycles. The van der Waals surface area contributed by atoms with E-state index in [2.05, 4.69) is 44.8 Å². The van der Waals surface area contributed by atoms with Gasteiger partial charge in [0.1, 0.15) is 0 Å². The Morgan fingerprint density at radius 3 is 2.54 bits per heavy atom. The third-order valence-electron chi connectivity index (χ3n) is 2.34. The molecule has 0 amide bonds. The van der Waals surface area contributed by atoms with Crippen LogP contribution in [0.2, 0.25) is 25.7 Å². The number of hydrogen-bond acceptors (Lipinski definition) is 1. The lowest BCUT2D eigenvalue weighted by molar-refractivity contribution is 0.171. The molecular weight excluding hydrogens is 176 g/mol. The van der Waals surface area contributed by atoms with E-state index in [1.54, 1.807) is 0 Å². The molecule has 0 fully saturated rings. The first-order chi connectivity index (χ1) is 5.90. The third-order valence-corrected chi connectivity index (χ3v) is 3.81. The van der Waals surface area contributed by atoms with Crippen LogP contribution in [0.25, 0.3) is 0 Å². The van der Waals surface area contributed by atoms with E-state index in [1.165, 1.54) is 5.57 Å². The summed E-state index contributed by atoms with van der Waals surface area (Å²) in [6.45, 7) is 9.08. The summed E-state index contributed by atoms with van der Waals surface area (Å²) >= 11 is 0. The van der Waals surface area contributed by atoms with E-state index in [0.717, 1.165) is 6.04 Å². The van der Waals surface area contributed by atoms with Crippen molar-refractivity contribution < 1.29 is 5.11 Å². The summed E-state index contributed by atoms with van der Waals surface area (Å²) < 4.78 is 0. The zero-order valence-corrected chi connectivity index (χ0v) is 10.0. The molecule has 0 heterocycles. The van der Waals surface area contributed by atoms with Gasteiger partial charge in [0.25, 0.3) is 0 Å². The molecule has 1 rings (SSSR count). The zero-order chi connectivity index (χ0) is 10.1. The van der Waals surface area contributed by atoms with E-state index >= 15 is 0 Å². The molecule has 0 radical (unpaired) electrons. The molecule has 2 atom stereocenters. The largest absolute Gasteiger partial charge is 0.388 e. The van der Waals surface area contributed by atoms with Gasteiger partial charge in [-0.15, -0.1) is 0 Å². The summed E-state index contributed by atoms with van der Waals surface area (Å²) in [6, 6.07) is 1.11. The highest BCUT2D eigenvalue weighted by Crippen LogP contribution is 2.26. The van der Waals surface area contributed by atoms with Crippen molar-refractivity contribution in [1.29, 1.82) is 0 Å². The maximum absolute atomic E-state index is 9.90. The Morgan fingerprint density at radius 2 is 2.00 bits per heavy atom. The standard InChI is InChI=1S/C11H20OSi/c1-9-6-5-7-10(11(9)12)8-13(2,3)4/h5-7,9,11-12H,8H2,1-4H3/t9-,11-/m0/s1. The summed E-state index contributed by atoms with van der Waals surface area (Å²) in [5, 5.41) is 9.90. The van der Waals surface area contributed by atoms with Crippen molar-refractivity contribution in [3.8, 4) is 0 Å². The first kappa shape index (κ1) is 10.7. The summed E-state index contributed by atoms with van der Waals surface area (Å²) in [5.74, 6) is 0.288. The van der Waals surface area contributed by atoms with E-state index in [1.807, 2.05) is 0 Å². The molecule has 0 aromatic rings. The Bertz CT molecular complexity index is 235. The minimum absolute atomic E-state index is 0.239. The van der Waals surface area contributed by atoms with Crippen LogP contribution in [0.15, 0.2) is 23.8 Å². The van der Waals surface area contributed by atoms with Crippen LogP contribution in [0.4, 0.5) is 0 Å². The van der Waals surface area contributed by atoms with Gasteiger partial charge in [-0.2, -0.15) is 0 Å². The van der Waals surface area contributed by atoms with Crippen molar-refractivity contribution in [3.63, 3.8) is 0 Å². The number of rotatable bonds is 2. The zero-order valence-electron chi connectivity index (χ0n) is 9.04. The van der Waals surface area contributed by atoms with Gasteiger partial charge in [0.05, 0.1) is 6.10 Å². The van der Waals surface area contributed by atoms with Crippen LogP contribution < -0.4 is 0 Å². The molecule has 0 unspecified atom stereocenters. The topological polar surface area (TPSA) is 20.2 Å². The summed E-state index contributed by atoms with van der Waals surface area (Å²) in [7, 11) is -1.08. The minimum Gasteiger partial charge on any atom is -0.388 e. The Balaban J connectivity index is 2.69. The maximum Gasteiger partial charge on any atom is 0.0810 e. The van der Waals surface area contributed by atoms with Crippen LogP contribution in [0, 0.1) is 5.92 Å². The lowest BCUT2D eigenvalue weighted by Gasteiger charge is -2.26. The second-order valence-corrected chi connectivity index (χ2v) is 10.6. The molecule has 0 aliphatic heterocycles. The van der Waals surface area contributed by atoms with E-state index in [0.29, 0.717) is 0 Å². The first-order valence-corrected chi connectivity index (χ1v) is 8.66. The van der Waals surface area contributed by atoms with Crippen molar-refractivity contribution in [2.45, 2.75) is 38.7 Å². The normalized spacial score (nSPS) is 28.8. The van der Waals surface area contributed by atoms with Crippen molar-refractivity contribution in [2.75, 3.05) is 0 Å². The monoisotopic (exact) mass is 196 g/mol. The summed E-state index contributed by atoms with van der Waals surface area (Å²) in [4.78, 5) is 0. The van der Waals surface area contributed by atoms with Crippen molar-refractivity contribution in [2.24, 2.45) is 5.92 Å². The first-order valence-electron chi connectivity index (χ1n) is 4.95. The number of aliphatic hydroxyl groups excluding tert-OH is 1. The molecule has 0 aromatic heterocycles. The highest BCUT2D eigenvalue weighted by atomic mass is 28.3. The molecule has 1 N–H and O–H groups in total. The summed E-state index contributed by atoms with van der Waals surface area (Å²) in [6.07, 6.45) is 5.99. The van der Waals surface area contributed by atoms with Gasteiger partial charge in [-0.1, -0.05) is 44.8 Å². The highest BCUT2D eigenvalue weighted by Gasteiger charge is 2.24. The Kier molecular flexibility index (Phi) is 3.14. The molecule has 0 saturated carbocycles. The lowest BCUT2D eigenvalue weighted by atomic mass is 9.94. The molecule has 13 heavy (non-hydrogen) atoms. The van der Waals surface area contributed by atoms with Gasteiger partial charge in [0, 0.05) is 14.0 Å². The SMILES string of the molecule is C[C@H]1C=CC=C(C[Si](C)(C)C)[C@H]1O. The van der Waals surface area contributed by atoms with Crippen LogP contribution in [0.1, 0.15) is 6.92 Å². The molecule has 0 spiro atoms. The molecule has 74 valence electrons. The highest BCUT2D eigenvalue weighted by molar-refractivity contribution is 6.76. The fourth-order valence-corrected chi connectivity index (χ4v) is 3.22. The lowest BCUT2D eigenvalue weighted by Crippen LogP contribution is -2.28. The van der Waals surface area contributed by atoms with Gasteiger partial charge in [-0.3, -0.25) is 0 Å². The quantitative estimate of drug-likeness (QED) is 0.673. The van der Waals surface area contributed by atoms with Gasteiger partial charge in [-0.05, 0) is 11.6 Å². The molecule has 1 nitrogen and oxygen atoms in total. The molecule has 0 bridgehead atoms. The second-order valence-electron chi connectivity index (χ2n) is 5.17. The van der Waals surface area contributed by atoms with Crippen LogP contribution in [-0.4, -0.2) is 19.3 Å². The van der Waals surface area contributed by atoms with Crippen LogP contribution in [-0.2, 0) is 0 Å². The number of aliphatic hydroxyl groups is 1. The van der Waals surface area contributed by atoms with E-state index in [9.17, 15) is 5.11 Å². The number of allylic oxidation sites excluding steroid dienone is 2. The van der Waals surface area contributed by atoms with E-state index in [-0.39, 0.29) is 12.0 Å². The van der Waals surface area contributed by atoms with E-state index in [4.69, 9.17) is 0 Å². The molecule has 2 heteroatoms. The van der Waals surface area contributed by atoms with Gasteiger partial charge in [-0.25, -0.2) is 0 Å². The summed E-state index contributed by atoms with van der Waals surface area (Å²) in [5.41, 5.74) is 1.23. The van der Waals surface area contributed by atoms with Gasteiger partial charge in [0.15, 0.2) is 0 Å². The van der Waals surface area contributed by atoms with Gasteiger partial charge >= 0.3 is 0 Å². The van der Waals surface area contributed by atoms with Gasteiger partial charge in [0.2, 0.25) is 0 Å². The fourth-order valence-electron chi connectivity index (χ4n) is 1.67. The maximum atomic E-state index is 9.90. The van der Waals surface area contributed by atoms with Crippen molar-refractivity contribution in [3.05, 3.63) is 23.8 Å². The molecule has 1 aliphatic rings. The van der Waals surface area contributed by atoms with Gasteiger partial charge < -0.3 is 5.11 Å². The molecule has 0 aromatic carbocycles. The van der Waals surface area contributed by atoms with Crippen molar-refractivity contribution >= 4 is 8.07 Å². The Morgan fingerprint density at radius 1 is 1.38 bits per heavy atom. The third kappa shape index (κ3) is 3.12. The average molecular weight is 196 g/mol. The van der Waals surface area contributed by atoms with Crippen LogP contribution in [0.5, 0.6) is 0 Å². The van der Waals surface area contributed by atoms with E-state index < -0.39 is 8.07 Å². The smallest absolute Gasteiger partial charge is 0.0810 e. The Hall–Kier alpha value is -0.343. The predicted octanol–water partition coefficient (Wildman–Crippen LogP) is 2.82. The predicted molar refractivity (Wildman–Crippen MR) is 60.5 cm³/mol. The minimum atomic E-state index is -1.08. The molecular formula is C11H20OSi. The number of hydrogen-bond donors (Lipinski definition) is 1. The average Bonchev–Trinajstić information content (AvgIpc) is 1.96. The van der Waals surface area contributed by atoms with Crippen LogP contribution >= 0.6 is 0 Å².